The van der Waals surface area contributed by atoms with Crippen molar-refractivity contribution in [1.82, 2.24) is 0 Å². The Bertz CT molecular complexity index is 172. The van der Waals surface area contributed by atoms with Gasteiger partial charge in [0.2, 0.25) is 0 Å². The van der Waals surface area contributed by atoms with Crippen LogP contribution in [-0.4, -0.2) is 32.4 Å². The number of rotatable bonds is 9. The van der Waals surface area contributed by atoms with Crippen LogP contribution in [0, 0.1) is 0 Å². The largest absolute Gasteiger partial charge is 0.501 e. The highest BCUT2D eigenvalue weighted by Crippen LogP contribution is 2.23. The molecule has 0 aliphatic heterocycles. The molecule has 0 spiro atoms. The normalized spacial score (nSPS) is 13.1. The Morgan fingerprint density at radius 3 is 1.41 bits per heavy atom. The highest BCUT2D eigenvalue weighted by atomic mass is 79.9. The molecule has 0 unspecified atom stereocenters. The highest BCUT2D eigenvalue weighted by molar-refractivity contribution is 9.09. The van der Waals surface area contributed by atoms with Crippen LogP contribution in [0.5, 0.6) is 0 Å². The molecule has 0 aromatic carbocycles. The summed E-state index contributed by atoms with van der Waals surface area (Å²) in [6, 6.07) is 0.868. The Morgan fingerprint density at radius 2 is 1.18 bits per heavy atom. The molecule has 0 amide bonds. The lowest BCUT2D eigenvalue weighted by Gasteiger charge is -2.34. The summed E-state index contributed by atoms with van der Waals surface area (Å²) in [7, 11) is -2.54. The monoisotopic (exact) mass is 326 g/mol. The number of hydrogen-bond donors (Lipinski definition) is 0. The van der Waals surface area contributed by atoms with E-state index in [2.05, 4.69) is 15.9 Å². The lowest BCUT2D eigenvalue weighted by molar-refractivity contribution is 0.00320. The summed E-state index contributed by atoms with van der Waals surface area (Å²) in [5.41, 5.74) is 0. The second kappa shape index (κ2) is 8.64. The molecule has 0 atom stereocenters. The third-order valence-corrected chi connectivity index (χ3v) is 5.88. The minimum absolute atomic E-state index is 0.134. The third-order valence-electron chi connectivity index (χ3n) is 1.86. The fourth-order valence-electron chi connectivity index (χ4n) is 1.62. The zero-order valence-electron chi connectivity index (χ0n) is 12.0. The molecule has 17 heavy (non-hydrogen) atoms. The summed E-state index contributed by atoms with van der Waals surface area (Å²) in [6.45, 7) is 12.2. The van der Waals surface area contributed by atoms with Crippen LogP contribution < -0.4 is 0 Å². The second-order valence-electron chi connectivity index (χ2n) is 4.98. The van der Waals surface area contributed by atoms with Crippen molar-refractivity contribution in [3.8, 4) is 0 Å². The van der Waals surface area contributed by atoms with Crippen LogP contribution in [0.25, 0.3) is 0 Å². The van der Waals surface area contributed by atoms with Crippen molar-refractivity contribution >= 4 is 24.7 Å². The van der Waals surface area contributed by atoms with Gasteiger partial charge in [-0.2, -0.15) is 0 Å². The van der Waals surface area contributed by atoms with E-state index in [-0.39, 0.29) is 18.3 Å². The predicted molar refractivity (Wildman–Crippen MR) is 77.6 cm³/mol. The van der Waals surface area contributed by atoms with Crippen LogP contribution in [0.15, 0.2) is 0 Å². The number of alkyl halides is 1. The van der Waals surface area contributed by atoms with Crippen molar-refractivity contribution in [3.63, 3.8) is 0 Å². The fraction of sp³-hybridized carbons (Fsp3) is 1.00. The van der Waals surface area contributed by atoms with Crippen LogP contribution >= 0.6 is 15.9 Å². The molecule has 0 bridgehead atoms. The summed E-state index contributed by atoms with van der Waals surface area (Å²) < 4.78 is 18.1. The first-order chi connectivity index (χ1) is 7.81. The van der Waals surface area contributed by atoms with Crippen molar-refractivity contribution in [1.29, 1.82) is 0 Å². The minimum atomic E-state index is -2.54. The van der Waals surface area contributed by atoms with Crippen molar-refractivity contribution in [2.45, 2.75) is 72.3 Å². The topological polar surface area (TPSA) is 27.7 Å². The molecule has 0 aliphatic rings. The summed E-state index contributed by atoms with van der Waals surface area (Å²) in [4.78, 5) is 0. The van der Waals surface area contributed by atoms with Gasteiger partial charge in [0, 0.05) is 29.7 Å². The minimum Gasteiger partial charge on any atom is -0.371 e. The van der Waals surface area contributed by atoms with Gasteiger partial charge in [-0.15, -0.1) is 0 Å². The van der Waals surface area contributed by atoms with Crippen LogP contribution in [0.3, 0.4) is 0 Å². The molecule has 0 aromatic heterocycles. The Labute approximate surface area is 116 Å². The van der Waals surface area contributed by atoms with E-state index in [9.17, 15) is 0 Å². The zero-order valence-corrected chi connectivity index (χ0v) is 14.5. The molecular formula is C12H27BrO3Si. The average molecular weight is 327 g/mol. The van der Waals surface area contributed by atoms with E-state index in [1.807, 2.05) is 41.5 Å². The highest BCUT2D eigenvalue weighted by Gasteiger charge is 2.43. The molecule has 0 rings (SSSR count). The first kappa shape index (κ1) is 17.6. The van der Waals surface area contributed by atoms with Gasteiger partial charge >= 0.3 is 8.80 Å². The molecule has 3 nitrogen and oxygen atoms in total. The Morgan fingerprint density at radius 1 is 0.824 bits per heavy atom. The van der Waals surface area contributed by atoms with Gasteiger partial charge in [0.1, 0.15) is 0 Å². The molecule has 0 N–H and O–H groups in total. The average Bonchev–Trinajstić information content (AvgIpc) is 2.11. The van der Waals surface area contributed by atoms with Gasteiger partial charge in [0.05, 0.1) is 0 Å². The quantitative estimate of drug-likeness (QED) is 0.473. The molecule has 0 fully saturated rings. The van der Waals surface area contributed by atoms with E-state index in [4.69, 9.17) is 13.3 Å². The van der Waals surface area contributed by atoms with Crippen LogP contribution in [0.1, 0.15) is 48.0 Å². The Hall–Kier alpha value is 0.577. The molecule has 104 valence electrons. The molecule has 0 heterocycles. The first-order valence-electron chi connectivity index (χ1n) is 6.40. The lowest BCUT2D eigenvalue weighted by atomic mass is 10.5. The molecule has 5 heteroatoms. The summed E-state index contributed by atoms with van der Waals surface area (Å²) in [5.74, 6) is 0. The summed E-state index contributed by atoms with van der Waals surface area (Å²) >= 11 is 3.46. The van der Waals surface area contributed by atoms with E-state index in [1.165, 1.54) is 0 Å². The van der Waals surface area contributed by atoms with Gasteiger partial charge in [-0.1, -0.05) is 15.9 Å². The van der Waals surface area contributed by atoms with E-state index >= 15 is 0 Å². The third kappa shape index (κ3) is 8.32. The summed E-state index contributed by atoms with van der Waals surface area (Å²) in [6.07, 6.45) is 1.41. The standard InChI is InChI=1S/C12H27BrO3Si/c1-10(2)14-17(9-7-8-13,15-11(3)4)16-12(5)6/h10-12H,7-9H2,1-6H3. The zero-order chi connectivity index (χ0) is 13.5. The van der Waals surface area contributed by atoms with Gasteiger partial charge in [-0.25, -0.2) is 0 Å². The SMILES string of the molecule is CC(C)O[Si](CCCBr)(OC(C)C)OC(C)C. The predicted octanol–water partition coefficient (Wildman–Crippen LogP) is 3.99. The van der Waals surface area contributed by atoms with Crippen LogP contribution in [0.4, 0.5) is 0 Å². The second-order valence-corrected chi connectivity index (χ2v) is 8.34. The number of hydrogen-bond acceptors (Lipinski definition) is 3. The summed E-state index contributed by atoms with van der Waals surface area (Å²) in [5, 5.41) is 0.951. The van der Waals surface area contributed by atoms with Gasteiger partial charge in [0.15, 0.2) is 0 Å². The first-order valence-corrected chi connectivity index (χ1v) is 9.46. The van der Waals surface area contributed by atoms with Crippen LogP contribution in [0.2, 0.25) is 6.04 Å². The molecule has 0 radical (unpaired) electrons. The maximum absolute atomic E-state index is 6.04. The maximum atomic E-state index is 6.04. The smallest absolute Gasteiger partial charge is 0.371 e. The fourth-order valence-corrected chi connectivity index (χ4v) is 5.70. The lowest BCUT2D eigenvalue weighted by Crippen LogP contribution is -2.50. The molecule has 0 aliphatic carbocycles. The van der Waals surface area contributed by atoms with Crippen LogP contribution in [-0.2, 0) is 13.3 Å². The Kier molecular flexibility index (Phi) is 8.93. The van der Waals surface area contributed by atoms with Gasteiger partial charge in [-0.3, -0.25) is 0 Å². The van der Waals surface area contributed by atoms with Gasteiger partial charge in [0.25, 0.3) is 0 Å². The number of halogens is 1. The van der Waals surface area contributed by atoms with Crippen molar-refractivity contribution in [3.05, 3.63) is 0 Å². The van der Waals surface area contributed by atoms with E-state index in [0.717, 1.165) is 17.8 Å². The molecule has 0 saturated heterocycles. The molecular weight excluding hydrogens is 300 g/mol. The van der Waals surface area contributed by atoms with Crippen molar-refractivity contribution in [2.24, 2.45) is 0 Å². The maximum Gasteiger partial charge on any atom is 0.501 e. The van der Waals surface area contributed by atoms with Gasteiger partial charge in [-0.05, 0) is 48.0 Å². The van der Waals surface area contributed by atoms with Crippen molar-refractivity contribution < 1.29 is 13.3 Å². The Balaban J connectivity index is 4.76. The van der Waals surface area contributed by atoms with Crippen molar-refractivity contribution in [2.75, 3.05) is 5.33 Å². The van der Waals surface area contributed by atoms with Gasteiger partial charge < -0.3 is 13.3 Å². The van der Waals surface area contributed by atoms with E-state index in [1.54, 1.807) is 0 Å². The molecule has 0 saturated carbocycles. The van der Waals surface area contributed by atoms with E-state index in [0.29, 0.717) is 0 Å². The van der Waals surface area contributed by atoms with E-state index < -0.39 is 8.80 Å². The molecule has 0 aromatic rings.